The van der Waals surface area contributed by atoms with E-state index in [1.807, 2.05) is 11.9 Å². The minimum Gasteiger partial charge on any atom is -0.396 e. The number of rotatable bonds is 5. The Morgan fingerprint density at radius 3 is 2.40 bits per heavy atom. The molecule has 0 bridgehead atoms. The van der Waals surface area contributed by atoms with Crippen LogP contribution in [0.4, 0.5) is 0 Å². The molecule has 2 fully saturated rings. The molecule has 1 amide bonds. The van der Waals surface area contributed by atoms with Crippen LogP contribution in [0, 0.1) is 11.3 Å². The minimum absolute atomic E-state index is 0.0500. The molecular formula is C15H28N2O3. The maximum atomic E-state index is 12.3. The number of likely N-dealkylation sites (tertiary alicyclic amines) is 1. The SMILES string of the molecule is CC(C)N(C)C(=O)C1CCN(CC2(CO)COC2)CC1. The van der Waals surface area contributed by atoms with Gasteiger partial charge in [0.05, 0.1) is 25.2 Å². The van der Waals surface area contributed by atoms with Crippen LogP contribution in [0.1, 0.15) is 26.7 Å². The van der Waals surface area contributed by atoms with Crippen LogP contribution in [-0.2, 0) is 9.53 Å². The van der Waals surface area contributed by atoms with Crippen LogP contribution < -0.4 is 0 Å². The summed E-state index contributed by atoms with van der Waals surface area (Å²) in [6, 6.07) is 0.269. The van der Waals surface area contributed by atoms with Crippen LogP contribution in [0.3, 0.4) is 0 Å². The van der Waals surface area contributed by atoms with Crippen LogP contribution in [0.15, 0.2) is 0 Å². The van der Waals surface area contributed by atoms with Crippen molar-refractivity contribution in [3.05, 3.63) is 0 Å². The summed E-state index contributed by atoms with van der Waals surface area (Å²) >= 11 is 0. The predicted octanol–water partition coefficient (Wildman–Crippen LogP) is 0.574. The van der Waals surface area contributed by atoms with E-state index in [1.54, 1.807) is 0 Å². The Morgan fingerprint density at radius 2 is 2.00 bits per heavy atom. The Morgan fingerprint density at radius 1 is 1.40 bits per heavy atom. The Kier molecular flexibility index (Phi) is 5.04. The molecule has 2 rings (SSSR count). The molecule has 0 radical (unpaired) electrons. The number of aliphatic hydroxyl groups excluding tert-OH is 1. The number of piperidine rings is 1. The zero-order valence-electron chi connectivity index (χ0n) is 13.0. The summed E-state index contributed by atoms with van der Waals surface area (Å²) in [7, 11) is 1.89. The molecule has 20 heavy (non-hydrogen) atoms. The van der Waals surface area contributed by atoms with Crippen LogP contribution >= 0.6 is 0 Å². The Hall–Kier alpha value is -0.650. The molecule has 0 aromatic heterocycles. The number of nitrogens with zero attached hydrogens (tertiary/aromatic N) is 2. The first-order valence-electron chi connectivity index (χ1n) is 7.65. The fourth-order valence-electron chi connectivity index (χ4n) is 2.98. The van der Waals surface area contributed by atoms with Gasteiger partial charge < -0.3 is 19.6 Å². The van der Waals surface area contributed by atoms with E-state index in [0.717, 1.165) is 32.5 Å². The monoisotopic (exact) mass is 284 g/mol. The number of carbonyl (C=O) groups excluding carboxylic acids is 1. The van der Waals surface area contributed by atoms with Gasteiger partial charge in [0.15, 0.2) is 0 Å². The second-order valence-corrected chi connectivity index (χ2v) is 6.74. The highest BCUT2D eigenvalue weighted by Crippen LogP contribution is 2.30. The number of hydrogen-bond acceptors (Lipinski definition) is 4. The third-order valence-corrected chi connectivity index (χ3v) is 4.77. The zero-order valence-corrected chi connectivity index (χ0v) is 13.0. The van der Waals surface area contributed by atoms with Crippen molar-refractivity contribution < 1.29 is 14.6 Å². The van der Waals surface area contributed by atoms with Crippen molar-refractivity contribution in [3.63, 3.8) is 0 Å². The number of aliphatic hydroxyl groups is 1. The number of carbonyl (C=O) groups is 1. The molecule has 0 saturated carbocycles. The number of hydrogen-bond donors (Lipinski definition) is 1. The standard InChI is InChI=1S/C15H28N2O3/c1-12(2)16(3)14(19)13-4-6-17(7-5-13)8-15(9-18)10-20-11-15/h12-13,18H,4-11H2,1-3H3. The second kappa shape index (κ2) is 6.41. The lowest BCUT2D eigenvalue weighted by Crippen LogP contribution is -2.55. The van der Waals surface area contributed by atoms with Gasteiger partial charge >= 0.3 is 0 Å². The molecule has 0 aliphatic carbocycles. The van der Waals surface area contributed by atoms with Crippen molar-refractivity contribution in [1.82, 2.24) is 9.80 Å². The van der Waals surface area contributed by atoms with E-state index in [-0.39, 0.29) is 29.9 Å². The molecule has 5 heteroatoms. The lowest BCUT2D eigenvalue weighted by molar-refractivity contribution is -0.152. The molecule has 0 atom stereocenters. The van der Waals surface area contributed by atoms with Crippen molar-refractivity contribution in [3.8, 4) is 0 Å². The molecule has 1 N–H and O–H groups in total. The van der Waals surface area contributed by atoms with Gasteiger partial charge in [-0.25, -0.2) is 0 Å². The highest BCUT2D eigenvalue weighted by molar-refractivity contribution is 5.78. The lowest BCUT2D eigenvalue weighted by atomic mass is 9.85. The highest BCUT2D eigenvalue weighted by atomic mass is 16.5. The van der Waals surface area contributed by atoms with Gasteiger partial charge in [-0.15, -0.1) is 0 Å². The average Bonchev–Trinajstić information content (AvgIpc) is 2.42. The van der Waals surface area contributed by atoms with E-state index in [0.29, 0.717) is 13.2 Å². The summed E-state index contributed by atoms with van der Waals surface area (Å²) in [4.78, 5) is 16.5. The summed E-state index contributed by atoms with van der Waals surface area (Å²) in [5.41, 5.74) is -0.0500. The Balaban J connectivity index is 1.79. The van der Waals surface area contributed by atoms with Crippen LogP contribution in [0.2, 0.25) is 0 Å². The van der Waals surface area contributed by atoms with E-state index < -0.39 is 0 Å². The molecule has 0 spiro atoms. The molecule has 116 valence electrons. The fraction of sp³-hybridized carbons (Fsp3) is 0.933. The summed E-state index contributed by atoms with van der Waals surface area (Å²) in [5.74, 6) is 0.449. The smallest absolute Gasteiger partial charge is 0.225 e. The van der Waals surface area contributed by atoms with Crippen LogP contribution in [0.25, 0.3) is 0 Å². The maximum Gasteiger partial charge on any atom is 0.225 e. The first-order chi connectivity index (χ1) is 9.47. The Bertz CT molecular complexity index is 329. The molecular weight excluding hydrogens is 256 g/mol. The average molecular weight is 284 g/mol. The molecule has 5 nitrogen and oxygen atoms in total. The molecule has 0 unspecified atom stereocenters. The van der Waals surface area contributed by atoms with Crippen molar-refractivity contribution >= 4 is 5.91 Å². The number of amides is 1. The largest absolute Gasteiger partial charge is 0.396 e. The van der Waals surface area contributed by atoms with Gasteiger partial charge in [0, 0.05) is 25.6 Å². The molecule has 2 heterocycles. The molecule has 2 saturated heterocycles. The van der Waals surface area contributed by atoms with Gasteiger partial charge in [0.2, 0.25) is 5.91 Å². The molecule has 0 aromatic rings. The quantitative estimate of drug-likeness (QED) is 0.802. The Labute approximate surface area is 121 Å². The molecule has 2 aliphatic rings. The third kappa shape index (κ3) is 3.32. The summed E-state index contributed by atoms with van der Waals surface area (Å²) in [5, 5.41) is 9.47. The van der Waals surface area contributed by atoms with E-state index in [2.05, 4.69) is 18.7 Å². The summed E-state index contributed by atoms with van der Waals surface area (Å²) in [6.45, 7) is 8.42. The highest BCUT2D eigenvalue weighted by Gasteiger charge is 2.40. The van der Waals surface area contributed by atoms with Gasteiger partial charge in [-0.05, 0) is 39.8 Å². The van der Waals surface area contributed by atoms with Crippen molar-refractivity contribution in [1.29, 1.82) is 0 Å². The minimum atomic E-state index is -0.0500. The first kappa shape index (κ1) is 15.7. The van der Waals surface area contributed by atoms with Gasteiger partial charge in [0.1, 0.15) is 0 Å². The normalized spacial score (nSPS) is 23.6. The van der Waals surface area contributed by atoms with E-state index in [1.165, 1.54) is 0 Å². The fourth-order valence-corrected chi connectivity index (χ4v) is 2.98. The van der Waals surface area contributed by atoms with Gasteiger partial charge in [-0.2, -0.15) is 0 Å². The first-order valence-corrected chi connectivity index (χ1v) is 7.65. The zero-order chi connectivity index (χ0) is 14.8. The summed E-state index contributed by atoms with van der Waals surface area (Å²) < 4.78 is 5.24. The second-order valence-electron chi connectivity index (χ2n) is 6.74. The van der Waals surface area contributed by atoms with Gasteiger partial charge in [-0.1, -0.05) is 0 Å². The summed E-state index contributed by atoms with van der Waals surface area (Å²) in [6.07, 6.45) is 1.86. The van der Waals surface area contributed by atoms with Crippen LogP contribution in [-0.4, -0.2) is 73.4 Å². The van der Waals surface area contributed by atoms with Crippen LogP contribution in [0.5, 0.6) is 0 Å². The van der Waals surface area contributed by atoms with Crippen molar-refractivity contribution in [2.24, 2.45) is 11.3 Å². The lowest BCUT2D eigenvalue weighted by Gasteiger charge is -2.45. The van der Waals surface area contributed by atoms with Gasteiger partial charge in [0.25, 0.3) is 0 Å². The van der Waals surface area contributed by atoms with E-state index >= 15 is 0 Å². The van der Waals surface area contributed by atoms with Crippen molar-refractivity contribution in [2.45, 2.75) is 32.7 Å². The maximum absolute atomic E-state index is 12.3. The number of ether oxygens (including phenoxy) is 1. The van der Waals surface area contributed by atoms with Crippen molar-refractivity contribution in [2.75, 3.05) is 46.5 Å². The topological polar surface area (TPSA) is 53.0 Å². The van der Waals surface area contributed by atoms with E-state index in [4.69, 9.17) is 4.74 Å². The molecule has 0 aromatic carbocycles. The van der Waals surface area contributed by atoms with E-state index in [9.17, 15) is 9.90 Å². The van der Waals surface area contributed by atoms with Gasteiger partial charge in [-0.3, -0.25) is 4.79 Å². The predicted molar refractivity (Wildman–Crippen MR) is 77.4 cm³/mol. The third-order valence-electron chi connectivity index (χ3n) is 4.77. The molecule has 2 aliphatic heterocycles.